The number of nitrogens with one attached hydrogen (secondary N) is 1. The normalized spacial score (nSPS) is 20.4. The van der Waals surface area contributed by atoms with Gasteiger partial charge in [0.1, 0.15) is 18.7 Å². The van der Waals surface area contributed by atoms with Crippen molar-refractivity contribution in [3.63, 3.8) is 0 Å². The maximum absolute atomic E-state index is 12.5. The van der Waals surface area contributed by atoms with Crippen LogP contribution >= 0.6 is 12.4 Å². The Kier molecular flexibility index (Phi) is 6.99. The van der Waals surface area contributed by atoms with Crippen LogP contribution in [0.4, 0.5) is 0 Å². The molecule has 0 aliphatic heterocycles. The number of sulfonamides is 1. The second-order valence-electron chi connectivity index (χ2n) is 6.29. The van der Waals surface area contributed by atoms with Crippen LogP contribution in [-0.4, -0.2) is 35.3 Å². The predicted molar refractivity (Wildman–Crippen MR) is 99.6 cm³/mol. The third kappa shape index (κ3) is 5.16. The number of aromatic nitrogens is 3. The van der Waals surface area contributed by atoms with Crippen molar-refractivity contribution in [3.05, 3.63) is 36.4 Å². The Morgan fingerprint density at radius 1 is 1.23 bits per heavy atom. The van der Waals surface area contributed by atoms with E-state index >= 15 is 0 Å². The summed E-state index contributed by atoms with van der Waals surface area (Å²) in [5.41, 5.74) is 5.86. The molecule has 1 aliphatic rings. The molecule has 0 saturated heterocycles. The van der Waals surface area contributed by atoms with Crippen LogP contribution in [0.2, 0.25) is 0 Å². The van der Waals surface area contributed by atoms with Gasteiger partial charge in [0.25, 0.3) is 0 Å². The quantitative estimate of drug-likeness (QED) is 0.755. The Morgan fingerprint density at radius 2 is 1.88 bits per heavy atom. The van der Waals surface area contributed by atoms with Gasteiger partial charge >= 0.3 is 0 Å². The number of benzene rings is 1. The summed E-state index contributed by atoms with van der Waals surface area (Å²) >= 11 is 0. The summed E-state index contributed by atoms with van der Waals surface area (Å²) in [5.74, 6) is 1.26. The Bertz CT molecular complexity index is 802. The second-order valence-corrected chi connectivity index (χ2v) is 8.01. The molecule has 0 radical (unpaired) electrons. The molecule has 1 aliphatic carbocycles. The van der Waals surface area contributed by atoms with Crippen molar-refractivity contribution in [1.82, 2.24) is 19.5 Å². The fourth-order valence-corrected chi connectivity index (χ4v) is 4.14. The van der Waals surface area contributed by atoms with Gasteiger partial charge in [-0.3, -0.25) is 4.68 Å². The smallest absolute Gasteiger partial charge is 0.240 e. The van der Waals surface area contributed by atoms with Crippen molar-refractivity contribution < 1.29 is 13.2 Å². The molecule has 1 saturated carbocycles. The van der Waals surface area contributed by atoms with Crippen molar-refractivity contribution in [2.75, 3.05) is 0 Å². The summed E-state index contributed by atoms with van der Waals surface area (Å²) in [6, 6.07) is 6.51. The van der Waals surface area contributed by atoms with E-state index in [1.165, 1.54) is 6.33 Å². The topological polar surface area (TPSA) is 112 Å². The largest absolute Gasteiger partial charge is 0.486 e. The van der Waals surface area contributed by atoms with E-state index in [2.05, 4.69) is 14.8 Å². The molecule has 1 fully saturated rings. The number of aryl methyl sites for hydroxylation is 1. The van der Waals surface area contributed by atoms with Crippen LogP contribution in [0, 0.1) is 0 Å². The molecule has 3 N–H and O–H groups in total. The Balaban J connectivity index is 0.00000243. The maximum Gasteiger partial charge on any atom is 0.240 e. The zero-order valence-electron chi connectivity index (χ0n) is 14.5. The van der Waals surface area contributed by atoms with Crippen molar-refractivity contribution >= 4 is 22.4 Å². The average Bonchev–Trinajstić information content (AvgIpc) is 3.00. The molecule has 0 atom stereocenters. The van der Waals surface area contributed by atoms with E-state index in [1.807, 2.05) is 0 Å². The fourth-order valence-electron chi connectivity index (χ4n) is 2.84. The van der Waals surface area contributed by atoms with E-state index in [-0.39, 0.29) is 36.0 Å². The average molecular weight is 402 g/mol. The van der Waals surface area contributed by atoms with E-state index in [0.29, 0.717) is 11.6 Å². The lowest BCUT2D eigenvalue weighted by Gasteiger charge is -2.26. The number of halogens is 1. The molecule has 8 nitrogen and oxygen atoms in total. The number of nitrogens with two attached hydrogens (primary N) is 1. The first-order valence-electron chi connectivity index (χ1n) is 8.28. The Labute approximate surface area is 159 Å². The van der Waals surface area contributed by atoms with Gasteiger partial charge in [0, 0.05) is 19.1 Å². The highest BCUT2D eigenvalue weighted by Gasteiger charge is 2.24. The van der Waals surface area contributed by atoms with Crippen molar-refractivity contribution in [3.8, 4) is 5.75 Å². The summed E-state index contributed by atoms with van der Waals surface area (Å²) in [6.07, 6.45) is 4.71. The van der Waals surface area contributed by atoms with Crippen LogP contribution in [-0.2, 0) is 23.7 Å². The lowest BCUT2D eigenvalue weighted by atomic mass is 9.93. The molecule has 2 aromatic rings. The molecular weight excluding hydrogens is 378 g/mol. The van der Waals surface area contributed by atoms with E-state index < -0.39 is 10.0 Å². The molecule has 3 rings (SSSR count). The van der Waals surface area contributed by atoms with E-state index in [9.17, 15) is 8.42 Å². The molecule has 0 unspecified atom stereocenters. The predicted octanol–water partition coefficient (Wildman–Crippen LogP) is 1.36. The molecule has 26 heavy (non-hydrogen) atoms. The molecule has 1 aromatic heterocycles. The fraction of sp³-hybridized carbons (Fsp3) is 0.500. The highest BCUT2D eigenvalue weighted by molar-refractivity contribution is 7.89. The third-order valence-corrected chi connectivity index (χ3v) is 5.94. The standard InChI is InChI=1S/C16H23N5O3S.ClH/c1-21-16(18-11-19-21)10-24-14-6-8-15(9-7-14)25(22,23)20-13-4-2-12(17)3-5-13;/h6-9,11-13,20H,2-5,10,17H2,1H3;1H. The van der Waals surface area contributed by atoms with Crippen LogP contribution < -0.4 is 15.2 Å². The zero-order chi connectivity index (χ0) is 17.9. The van der Waals surface area contributed by atoms with E-state index in [4.69, 9.17) is 10.5 Å². The Morgan fingerprint density at radius 3 is 2.46 bits per heavy atom. The first-order valence-corrected chi connectivity index (χ1v) is 9.76. The number of hydrogen-bond acceptors (Lipinski definition) is 6. The van der Waals surface area contributed by atoms with Crippen LogP contribution in [0.1, 0.15) is 31.5 Å². The van der Waals surface area contributed by atoms with Gasteiger partial charge in [-0.2, -0.15) is 5.10 Å². The molecule has 0 spiro atoms. The summed E-state index contributed by atoms with van der Waals surface area (Å²) in [5, 5.41) is 3.97. The maximum atomic E-state index is 12.5. The SMILES string of the molecule is Cl.Cn1ncnc1COc1ccc(S(=O)(=O)NC2CCC(N)CC2)cc1. The number of hydrogen-bond donors (Lipinski definition) is 2. The molecule has 0 amide bonds. The first kappa shape index (κ1) is 20.6. The van der Waals surface area contributed by atoms with Crippen molar-refractivity contribution in [2.24, 2.45) is 12.8 Å². The molecule has 144 valence electrons. The van der Waals surface area contributed by atoms with Crippen molar-refractivity contribution in [1.29, 1.82) is 0 Å². The summed E-state index contributed by atoms with van der Waals surface area (Å²) in [4.78, 5) is 4.30. The highest BCUT2D eigenvalue weighted by atomic mass is 35.5. The van der Waals surface area contributed by atoms with Gasteiger partial charge in [-0.25, -0.2) is 18.1 Å². The van der Waals surface area contributed by atoms with Crippen LogP contribution in [0.5, 0.6) is 5.75 Å². The van der Waals surface area contributed by atoms with Crippen LogP contribution in [0.25, 0.3) is 0 Å². The van der Waals surface area contributed by atoms with Gasteiger partial charge in [0.05, 0.1) is 4.90 Å². The van der Waals surface area contributed by atoms with E-state index in [1.54, 1.807) is 36.0 Å². The minimum atomic E-state index is -3.53. The lowest BCUT2D eigenvalue weighted by Crippen LogP contribution is -2.40. The molecule has 1 aromatic carbocycles. The van der Waals surface area contributed by atoms with E-state index in [0.717, 1.165) is 25.7 Å². The summed E-state index contributed by atoms with van der Waals surface area (Å²) in [7, 11) is -1.75. The van der Waals surface area contributed by atoms with Gasteiger partial charge in [-0.05, 0) is 49.9 Å². The van der Waals surface area contributed by atoms with Gasteiger partial charge in [-0.15, -0.1) is 12.4 Å². The lowest BCUT2D eigenvalue weighted by molar-refractivity contribution is 0.289. The van der Waals surface area contributed by atoms with Crippen molar-refractivity contribution in [2.45, 2.75) is 49.3 Å². The summed E-state index contributed by atoms with van der Waals surface area (Å²) in [6.45, 7) is 0.267. The minimum absolute atomic E-state index is 0. The van der Waals surface area contributed by atoms with Crippen LogP contribution in [0.15, 0.2) is 35.5 Å². The monoisotopic (exact) mass is 401 g/mol. The third-order valence-electron chi connectivity index (χ3n) is 4.40. The molecular formula is C16H24ClN5O3S. The Hall–Kier alpha value is -1.68. The zero-order valence-corrected chi connectivity index (χ0v) is 16.2. The van der Waals surface area contributed by atoms with Gasteiger partial charge < -0.3 is 10.5 Å². The summed E-state index contributed by atoms with van der Waals surface area (Å²) < 4.78 is 35.0. The first-order chi connectivity index (χ1) is 11.9. The molecule has 10 heteroatoms. The number of nitrogens with zero attached hydrogens (tertiary/aromatic N) is 3. The van der Waals surface area contributed by atoms with Crippen LogP contribution in [0.3, 0.4) is 0 Å². The number of ether oxygens (including phenoxy) is 1. The van der Waals surface area contributed by atoms with Gasteiger partial charge in [-0.1, -0.05) is 0 Å². The molecule has 0 bridgehead atoms. The van der Waals surface area contributed by atoms with Gasteiger partial charge in [0.2, 0.25) is 10.0 Å². The minimum Gasteiger partial charge on any atom is -0.486 e. The highest BCUT2D eigenvalue weighted by Crippen LogP contribution is 2.21. The second kappa shape index (κ2) is 8.81. The molecule has 1 heterocycles. The number of rotatable bonds is 6. The van der Waals surface area contributed by atoms with Gasteiger partial charge in [0.15, 0.2) is 5.82 Å².